The molecule has 24 heavy (non-hydrogen) atoms. The summed E-state index contributed by atoms with van der Waals surface area (Å²) < 4.78 is 16.7. The van der Waals surface area contributed by atoms with E-state index in [0.717, 1.165) is 9.88 Å². The first-order valence-electron chi connectivity index (χ1n) is 8.02. The van der Waals surface area contributed by atoms with Crippen LogP contribution in [0.15, 0.2) is 12.8 Å². The fourth-order valence-corrected chi connectivity index (χ4v) is 3.58. The van der Waals surface area contributed by atoms with Crippen molar-refractivity contribution in [2.75, 3.05) is 26.8 Å². The number of likely N-dealkylation sites (tertiary alicyclic amines) is 1. The summed E-state index contributed by atoms with van der Waals surface area (Å²) in [6.45, 7) is 13.0. The van der Waals surface area contributed by atoms with Crippen LogP contribution in [0.25, 0.3) is 5.76 Å². The highest BCUT2D eigenvalue weighted by atomic mass is 32.1. The number of hydrogen-bond acceptors (Lipinski definition) is 6. The molecule has 0 radical (unpaired) electrons. The molecule has 1 fully saturated rings. The van der Waals surface area contributed by atoms with Crippen LogP contribution in [0.4, 0.5) is 4.79 Å². The zero-order valence-electron chi connectivity index (χ0n) is 15.0. The van der Waals surface area contributed by atoms with Crippen molar-refractivity contribution in [3.05, 3.63) is 22.7 Å². The fraction of sp³-hybridized carbons (Fsp3) is 0.647. The van der Waals surface area contributed by atoms with Gasteiger partial charge < -0.3 is 19.1 Å². The van der Waals surface area contributed by atoms with Crippen molar-refractivity contribution in [2.45, 2.75) is 45.3 Å². The van der Waals surface area contributed by atoms with Crippen LogP contribution < -0.4 is 0 Å². The standard InChI is InChI=1S/C17H26N2O4S/c1-7-22-12(2)13-10-18-14(24-13)17(21-6)8-9-19(11-17)15(20)23-16(3,4)5/h10H,2,7-9,11H2,1,3-6H3. The molecule has 0 N–H and O–H groups in total. The number of nitrogens with zero attached hydrogens (tertiary/aromatic N) is 2. The van der Waals surface area contributed by atoms with Gasteiger partial charge in [0.1, 0.15) is 22.0 Å². The molecule has 1 amide bonds. The monoisotopic (exact) mass is 354 g/mol. The summed E-state index contributed by atoms with van der Waals surface area (Å²) in [5.74, 6) is 0.606. The fourth-order valence-electron chi connectivity index (χ4n) is 2.55. The van der Waals surface area contributed by atoms with Crippen LogP contribution in [0, 0.1) is 0 Å². The van der Waals surface area contributed by atoms with E-state index in [9.17, 15) is 4.79 Å². The molecule has 7 heteroatoms. The maximum atomic E-state index is 12.3. The molecule has 0 spiro atoms. The van der Waals surface area contributed by atoms with E-state index in [0.29, 0.717) is 31.9 Å². The lowest BCUT2D eigenvalue weighted by molar-refractivity contribution is -0.0131. The lowest BCUT2D eigenvalue weighted by atomic mass is 10.0. The molecule has 2 rings (SSSR count). The summed E-state index contributed by atoms with van der Waals surface area (Å²) in [4.78, 5) is 19.3. The Morgan fingerprint density at radius 1 is 1.50 bits per heavy atom. The van der Waals surface area contributed by atoms with Gasteiger partial charge in [-0.15, -0.1) is 11.3 Å². The highest BCUT2D eigenvalue weighted by Crippen LogP contribution is 2.39. The average molecular weight is 354 g/mol. The van der Waals surface area contributed by atoms with Gasteiger partial charge in [-0.1, -0.05) is 6.58 Å². The van der Waals surface area contributed by atoms with E-state index in [2.05, 4.69) is 11.6 Å². The van der Waals surface area contributed by atoms with Gasteiger partial charge in [-0.2, -0.15) is 0 Å². The van der Waals surface area contributed by atoms with Crippen LogP contribution in [-0.4, -0.2) is 48.4 Å². The second-order valence-electron chi connectivity index (χ2n) is 6.74. The number of ether oxygens (including phenoxy) is 3. The van der Waals surface area contributed by atoms with Gasteiger partial charge in [0.2, 0.25) is 0 Å². The van der Waals surface area contributed by atoms with Gasteiger partial charge in [-0.25, -0.2) is 9.78 Å². The number of carbonyl (C=O) groups excluding carboxylic acids is 1. The van der Waals surface area contributed by atoms with Crippen LogP contribution >= 0.6 is 11.3 Å². The van der Waals surface area contributed by atoms with Gasteiger partial charge in [0.15, 0.2) is 0 Å². The number of methoxy groups -OCH3 is 1. The van der Waals surface area contributed by atoms with Crippen LogP contribution in [0.2, 0.25) is 0 Å². The largest absolute Gasteiger partial charge is 0.493 e. The number of aromatic nitrogens is 1. The molecule has 0 bridgehead atoms. The van der Waals surface area contributed by atoms with Crippen molar-refractivity contribution < 1.29 is 19.0 Å². The summed E-state index contributed by atoms with van der Waals surface area (Å²) in [5, 5.41) is 0.826. The quantitative estimate of drug-likeness (QED) is 0.756. The number of hydrogen-bond donors (Lipinski definition) is 0. The molecule has 0 saturated carbocycles. The summed E-state index contributed by atoms with van der Waals surface area (Å²) in [5.41, 5.74) is -1.12. The Balaban J connectivity index is 2.13. The third-order valence-electron chi connectivity index (χ3n) is 3.76. The average Bonchev–Trinajstić information content (AvgIpc) is 3.13. The van der Waals surface area contributed by atoms with Gasteiger partial charge in [0, 0.05) is 26.3 Å². The third-order valence-corrected chi connectivity index (χ3v) is 4.99. The van der Waals surface area contributed by atoms with Crippen LogP contribution in [0.1, 0.15) is 44.0 Å². The summed E-state index contributed by atoms with van der Waals surface area (Å²) in [6.07, 6.45) is 2.10. The second-order valence-corrected chi connectivity index (χ2v) is 7.77. The lowest BCUT2D eigenvalue weighted by Crippen LogP contribution is -2.38. The molecule has 1 aromatic heterocycles. The van der Waals surface area contributed by atoms with E-state index in [-0.39, 0.29) is 6.09 Å². The Hall–Kier alpha value is -1.60. The van der Waals surface area contributed by atoms with Crippen molar-refractivity contribution in [1.82, 2.24) is 9.88 Å². The minimum absolute atomic E-state index is 0.322. The summed E-state index contributed by atoms with van der Waals surface area (Å²) in [6, 6.07) is 0. The number of carbonyl (C=O) groups is 1. The van der Waals surface area contributed by atoms with Crippen molar-refractivity contribution in [3.63, 3.8) is 0 Å². The Morgan fingerprint density at radius 3 is 2.79 bits per heavy atom. The maximum absolute atomic E-state index is 12.3. The topological polar surface area (TPSA) is 60.9 Å². The molecule has 1 atom stereocenters. The van der Waals surface area contributed by atoms with Gasteiger partial charge in [-0.3, -0.25) is 0 Å². The van der Waals surface area contributed by atoms with E-state index in [1.807, 2.05) is 27.7 Å². The van der Waals surface area contributed by atoms with Crippen molar-refractivity contribution >= 4 is 23.2 Å². The Bertz CT molecular complexity index is 608. The molecule has 0 aliphatic carbocycles. The summed E-state index contributed by atoms with van der Waals surface area (Å²) in [7, 11) is 1.65. The van der Waals surface area contributed by atoms with Crippen LogP contribution in [0.5, 0.6) is 0 Å². The molecule has 134 valence electrons. The minimum Gasteiger partial charge on any atom is -0.493 e. The first-order chi connectivity index (χ1) is 11.2. The second kappa shape index (κ2) is 7.11. The van der Waals surface area contributed by atoms with Gasteiger partial charge in [-0.05, 0) is 27.7 Å². The highest BCUT2D eigenvalue weighted by molar-refractivity contribution is 7.12. The Kier molecular flexibility index (Phi) is 5.55. The zero-order chi connectivity index (χ0) is 18.0. The molecule has 2 heterocycles. The smallest absolute Gasteiger partial charge is 0.410 e. The van der Waals surface area contributed by atoms with E-state index in [4.69, 9.17) is 14.2 Å². The molecule has 6 nitrogen and oxygen atoms in total. The van der Waals surface area contributed by atoms with Crippen molar-refractivity contribution in [1.29, 1.82) is 0 Å². The first kappa shape index (κ1) is 18.7. The highest BCUT2D eigenvalue weighted by Gasteiger charge is 2.45. The third kappa shape index (κ3) is 4.08. The predicted molar refractivity (Wildman–Crippen MR) is 93.9 cm³/mol. The first-order valence-corrected chi connectivity index (χ1v) is 8.84. The molecular formula is C17H26N2O4S. The van der Waals surface area contributed by atoms with E-state index in [1.165, 1.54) is 11.3 Å². The molecule has 1 aliphatic rings. The number of thiazole rings is 1. The molecule has 1 unspecified atom stereocenters. The SMILES string of the molecule is C=C(OCC)c1cnc(C2(OC)CCN(C(=O)OC(C)(C)C)C2)s1. The van der Waals surface area contributed by atoms with Gasteiger partial charge in [0.05, 0.1) is 18.0 Å². The van der Waals surface area contributed by atoms with Crippen LogP contribution in [-0.2, 0) is 19.8 Å². The van der Waals surface area contributed by atoms with Gasteiger partial charge in [0.25, 0.3) is 0 Å². The summed E-state index contributed by atoms with van der Waals surface area (Å²) >= 11 is 1.49. The number of rotatable bonds is 5. The van der Waals surface area contributed by atoms with Crippen molar-refractivity contribution in [3.8, 4) is 0 Å². The lowest BCUT2D eigenvalue weighted by Gasteiger charge is -2.27. The van der Waals surface area contributed by atoms with Crippen molar-refractivity contribution in [2.24, 2.45) is 0 Å². The van der Waals surface area contributed by atoms with Gasteiger partial charge >= 0.3 is 6.09 Å². The molecule has 1 aliphatic heterocycles. The Morgan fingerprint density at radius 2 is 2.21 bits per heavy atom. The molecule has 1 saturated heterocycles. The molecular weight excluding hydrogens is 328 g/mol. The normalized spacial score (nSPS) is 21.0. The maximum Gasteiger partial charge on any atom is 0.410 e. The minimum atomic E-state index is -0.605. The predicted octanol–water partition coefficient (Wildman–Crippen LogP) is 3.63. The van der Waals surface area contributed by atoms with Crippen LogP contribution in [0.3, 0.4) is 0 Å². The molecule has 1 aromatic rings. The number of amides is 1. The van der Waals surface area contributed by atoms with E-state index < -0.39 is 11.2 Å². The van der Waals surface area contributed by atoms with E-state index >= 15 is 0 Å². The zero-order valence-corrected chi connectivity index (χ0v) is 15.9. The Labute approximate surface area is 147 Å². The van der Waals surface area contributed by atoms with E-state index in [1.54, 1.807) is 18.2 Å². The molecule has 0 aromatic carbocycles.